The van der Waals surface area contributed by atoms with E-state index in [4.69, 9.17) is 0 Å². The Morgan fingerprint density at radius 2 is 2.00 bits per heavy atom. The maximum Gasteiger partial charge on any atom is 0.0493 e. The van der Waals surface area contributed by atoms with Gasteiger partial charge in [-0.3, -0.25) is 0 Å². The van der Waals surface area contributed by atoms with E-state index >= 15 is 0 Å². The summed E-state index contributed by atoms with van der Waals surface area (Å²) in [6.45, 7) is 2.18. The number of unbranched alkanes of at least 4 members (excludes halogenated alkanes) is 3. The van der Waals surface area contributed by atoms with Gasteiger partial charge in [-0.15, -0.1) is 0 Å². The molecule has 0 aliphatic carbocycles. The summed E-state index contributed by atoms with van der Waals surface area (Å²) in [5, 5.41) is 0. The summed E-state index contributed by atoms with van der Waals surface area (Å²) in [6.07, 6.45) is 5.98. The molecule has 0 aliphatic rings. The van der Waals surface area contributed by atoms with Crippen LogP contribution in [0, 0.1) is 0 Å². The Labute approximate surface area is 53.4 Å². The molecule has 0 aliphatic heterocycles. The highest BCUT2D eigenvalue weighted by Crippen LogP contribution is 2.04. The van der Waals surface area contributed by atoms with Crippen molar-refractivity contribution >= 4 is 8.81 Å². The average molecular weight is 134 g/mol. The van der Waals surface area contributed by atoms with Crippen LogP contribution in [0.4, 0.5) is 0 Å². The lowest BCUT2D eigenvalue weighted by Crippen LogP contribution is -1.86. The summed E-state index contributed by atoms with van der Waals surface area (Å²) in [7, 11) is -0.472. The van der Waals surface area contributed by atoms with Gasteiger partial charge in [-0.25, -0.2) is 0 Å². The monoisotopic (exact) mass is 134 g/mol. The Bertz CT molecular complexity index is 33.5. The van der Waals surface area contributed by atoms with Crippen molar-refractivity contribution in [2.75, 3.05) is 6.16 Å². The lowest BCUT2D eigenvalue weighted by molar-refractivity contribution is -0.150. The SMILES string of the molecule is CCCCCC[PH2+][O-]. The van der Waals surface area contributed by atoms with Crippen molar-refractivity contribution in [1.82, 2.24) is 0 Å². The van der Waals surface area contributed by atoms with Crippen molar-refractivity contribution in [2.24, 2.45) is 0 Å². The predicted molar refractivity (Wildman–Crippen MR) is 38.7 cm³/mol. The van der Waals surface area contributed by atoms with E-state index in [1.807, 2.05) is 0 Å². The molecule has 1 nitrogen and oxygen atoms in total. The molecule has 0 saturated heterocycles. The maximum absolute atomic E-state index is 9.98. The molecule has 0 bridgehead atoms. The van der Waals surface area contributed by atoms with Crippen LogP contribution in [-0.4, -0.2) is 6.16 Å². The molecule has 2 heteroatoms. The van der Waals surface area contributed by atoms with E-state index in [9.17, 15) is 4.89 Å². The van der Waals surface area contributed by atoms with Crippen molar-refractivity contribution in [3.63, 3.8) is 0 Å². The molecule has 0 aromatic heterocycles. The second kappa shape index (κ2) is 7.39. The predicted octanol–water partition coefficient (Wildman–Crippen LogP) is 1.25. The van der Waals surface area contributed by atoms with Gasteiger partial charge >= 0.3 is 0 Å². The molecule has 0 N–H and O–H groups in total. The molecular formula is C6H15OP. The highest BCUT2D eigenvalue weighted by molar-refractivity contribution is 7.29. The summed E-state index contributed by atoms with van der Waals surface area (Å²) in [6, 6.07) is 0. The fraction of sp³-hybridized carbons (Fsp3) is 1.00. The zero-order valence-corrected chi connectivity index (χ0v) is 6.68. The van der Waals surface area contributed by atoms with E-state index < -0.39 is 8.81 Å². The summed E-state index contributed by atoms with van der Waals surface area (Å²) in [5.74, 6) is 0. The average Bonchev–Trinajstić information content (AvgIpc) is 1.81. The number of rotatable bonds is 5. The molecule has 0 amide bonds. The van der Waals surface area contributed by atoms with Crippen LogP contribution < -0.4 is 4.89 Å². The van der Waals surface area contributed by atoms with Gasteiger partial charge < -0.3 is 4.89 Å². The van der Waals surface area contributed by atoms with Crippen LogP contribution in [-0.2, 0) is 0 Å². The minimum atomic E-state index is -0.472. The van der Waals surface area contributed by atoms with E-state index in [2.05, 4.69) is 6.92 Å². The second-order valence-corrected chi connectivity index (χ2v) is 2.93. The molecule has 0 fully saturated rings. The van der Waals surface area contributed by atoms with Gasteiger partial charge in [0.05, 0.1) is 0 Å². The van der Waals surface area contributed by atoms with Crippen LogP contribution in [0.2, 0.25) is 0 Å². The van der Waals surface area contributed by atoms with E-state index in [-0.39, 0.29) is 0 Å². The Balaban J connectivity index is 2.53. The Morgan fingerprint density at radius 3 is 2.50 bits per heavy atom. The standard InChI is InChI=1S/C6H15OP/c1-2-3-4-5-6-8-7/h2-6,8H2,1H3. The van der Waals surface area contributed by atoms with E-state index in [0.717, 1.165) is 6.16 Å². The normalized spacial score (nSPS) is 11.2. The topological polar surface area (TPSA) is 23.1 Å². The zero-order valence-electron chi connectivity index (χ0n) is 5.52. The third-order valence-electron chi connectivity index (χ3n) is 1.18. The second-order valence-electron chi connectivity index (χ2n) is 2.02. The molecule has 1 atom stereocenters. The molecule has 0 heterocycles. The van der Waals surface area contributed by atoms with Gasteiger partial charge in [-0.05, 0) is 12.8 Å². The van der Waals surface area contributed by atoms with Crippen LogP contribution in [0.15, 0.2) is 0 Å². The van der Waals surface area contributed by atoms with E-state index in [1.54, 1.807) is 0 Å². The Kier molecular flexibility index (Phi) is 7.75. The van der Waals surface area contributed by atoms with Crippen molar-refractivity contribution in [3.05, 3.63) is 0 Å². The summed E-state index contributed by atoms with van der Waals surface area (Å²) in [4.78, 5) is 9.98. The fourth-order valence-electron chi connectivity index (χ4n) is 0.654. The van der Waals surface area contributed by atoms with Gasteiger partial charge in [-0.2, -0.15) is 0 Å². The van der Waals surface area contributed by atoms with Crippen molar-refractivity contribution in [3.8, 4) is 0 Å². The third-order valence-corrected chi connectivity index (χ3v) is 1.82. The van der Waals surface area contributed by atoms with Crippen LogP contribution >= 0.6 is 8.81 Å². The van der Waals surface area contributed by atoms with Crippen LogP contribution in [0.5, 0.6) is 0 Å². The molecule has 0 rings (SSSR count). The van der Waals surface area contributed by atoms with E-state index in [1.165, 1.54) is 25.7 Å². The molecule has 0 spiro atoms. The smallest absolute Gasteiger partial charge is 0.0493 e. The van der Waals surface area contributed by atoms with Gasteiger partial charge in [0.15, 0.2) is 0 Å². The van der Waals surface area contributed by atoms with Gasteiger partial charge in [0.25, 0.3) is 0 Å². The van der Waals surface area contributed by atoms with Gasteiger partial charge in [0.1, 0.15) is 0 Å². The molecule has 0 saturated carbocycles. The van der Waals surface area contributed by atoms with Crippen molar-refractivity contribution in [2.45, 2.75) is 32.6 Å². The quantitative estimate of drug-likeness (QED) is 0.410. The van der Waals surface area contributed by atoms with Crippen LogP contribution in [0.25, 0.3) is 0 Å². The van der Waals surface area contributed by atoms with E-state index in [0.29, 0.717) is 0 Å². The Hall–Kier alpha value is 0.390. The van der Waals surface area contributed by atoms with Gasteiger partial charge in [-0.1, -0.05) is 28.6 Å². The molecule has 1 unspecified atom stereocenters. The first-order valence-electron chi connectivity index (χ1n) is 3.35. The largest absolute Gasteiger partial charge is 0.683 e. The lowest BCUT2D eigenvalue weighted by Gasteiger charge is -1.94. The van der Waals surface area contributed by atoms with Crippen molar-refractivity contribution < 1.29 is 4.89 Å². The lowest BCUT2D eigenvalue weighted by atomic mass is 10.2. The van der Waals surface area contributed by atoms with Gasteiger partial charge in [0.2, 0.25) is 0 Å². The molecule has 0 aromatic rings. The molecular weight excluding hydrogens is 119 g/mol. The van der Waals surface area contributed by atoms with Crippen LogP contribution in [0.3, 0.4) is 0 Å². The third kappa shape index (κ3) is 6.39. The first kappa shape index (κ1) is 8.39. The molecule has 0 radical (unpaired) electrons. The number of hydrogen-bond donors (Lipinski definition) is 0. The van der Waals surface area contributed by atoms with Crippen molar-refractivity contribution in [1.29, 1.82) is 0 Å². The number of hydrogen-bond acceptors (Lipinski definition) is 1. The first-order chi connectivity index (χ1) is 3.91. The van der Waals surface area contributed by atoms with Crippen LogP contribution in [0.1, 0.15) is 32.6 Å². The highest BCUT2D eigenvalue weighted by atomic mass is 31.1. The minimum absolute atomic E-state index is 0.472. The summed E-state index contributed by atoms with van der Waals surface area (Å²) in [5.41, 5.74) is 0. The zero-order chi connectivity index (χ0) is 6.24. The summed E-state index contributed by atoms with van der Waals surface area (Å²) < 4.78 is 0. The fourth-order valence-corrected chi connectivity index (χ4v) is 1.11. The Morgan fingerprint density at radius 1 is 1.25 bits per heavy atom. The first-order valence-corrected chi connectivity index (χ1v) is 4.64. The maximum atomic E-state index is 9.98. The molecule has 8 heavy (non-hydrogen) atoms. The molecule has 0 aromatic carbocycles. The van der Waals surface area contributed by atoms with Gasteiger partial charge in [0, 0.05) is 6.16 Å². The minimum Gasteiger partial charge on any atom is -0.683 e. The molecule has 50 valence electrons. The highest BCUT2D eigenvalue weighted by Gasteiger charge is 1.84. The summed E-state index contributed by atoms with van der Waals surface area (Å²) >= 11 is 0.